The molecular formula is C17H27IN4O2. The SMILES string of the molecule is CCCN=C(NCCc1ccco1)N1CCN2C(=O)CCC2C1.I. The number of piperazine rings is 1. The van der Waals surface area contributed by atoms with E-state index >= 15 is 0 Å². The first-order chi connectivity index (χ1) is 11.3. The van der Waals surface area contributed by atoms with E-state index in [2.05, 4.69) is 17.1 Å². The summed E-state index contributed by atoms with van der Waals surface area (Å²) in [6.07, 6.45) is 5.26. The second kappa shape index (κ2) is 9.29. The lowest BCUT2D eigenvalue weighted by Gasteiger charge is -2.39. The molecule has 1 atom stereocenters. The molecule has 2 aliphatic rings. The molecule has 6 nitrogen and oxygen atoms in total. The van der Waals surface area contributed by atoms with Crippen LogP contribution < -0.4 is 5.32 Å². The van der Waals surface area contributed by atoms with Gasteiger partial charge in [-0.15, -0.1) is 24.0 Å². The molecule has 2 aliphatic heterocycles. The molecule has 0 aromatic carbocycles. The van der Waals surface area contributed by atoms with E-state index in [0.717, 1.165) is 63.7 Å². The molecule has 0 aliphatic carbocycles. The Kier molecular flexibility index (Phi) is 7.39. The van der Waals surface area contributed by atoms with Gasteiger partial charge in [0, 0.05) is 51.6 Å². The maximum absolute atomic E-state index is 11.8. The van der Waals surface area contributed by atoms with Crippen molar-refractivity contribution < 1.29 is 9.21 Å². The fourth-order valence-electron chi connectivity index (χ4n) is 3.29. The van der Waals surface area contributed by atoms with Gasteiger partial charge in [-0.2, -0.15) is 0 Å². The number of carbonyl (C=O) groups excluding carboxylic acids is 1. The number of amides is 1. The third kappa shape index (κ3) is 4.64. The third-order valence-corrected chi connectivity index (χ3v) is 4.51. The first-order valence-corrected chi connectivity index (χ1v) is 8.63. The zero-order chi connectivity index (χ0) is 16.1. The van der Waals surface area contributed by atoms with Crippen LogP contribution in [0.2, 0.25) is 0 Å². The number of nitrogens with zero attached hydrogens (tertiary/aromatic N) is 3. The number of rotatable bonds is 5. The largest absolute Gasteiger partial charge is 0.469 e. The Balaban J connectivity index is 0.00000208. The van der Waals surface area contributed by atoms with Crippen molar-refractivity contribution in [2.24, 2.45) is 4.99 Å². The van der Waals surface area contributed by atoms with E-state index in [1.807, 2.05) is 17.0 Å². The number of hydrogen-bond acceptors (Lipinski definition) is 3. The Morgan fingerprint density at radius 3 is 3.08 bits per heavy atom. The third-order valence-electron chi connectivity index (χ3n) is 4.51. The molecule has 3 heterocycles. The van der Waals surface area contributed by atoms with Crippen LogP contribution in [0, 0.1) is 0 Å². The monoisotopic (exact) mass is 446 g/mol. The number of carbonyl (C=O) groups is 1. The summed E-state index contributed by atoms with van der Waals surface area (Å²) in [6.45, 7) is 6.33. The molecule has 7 heteroatoms. The van der Waals surface area contributed by atoms with Crippen LogP contribution in [0.5, 0.6) is 0 Å². The lowest BCUT2D eigenvalue weighted by atomic mass is 10.1. The van der Waals surface area contributed by atoms with Crippen molar-refractivity contribution in [2.45, 2.75) is 38.6 Å². The van der Waals surface area contributed by atoms with Gasteiger partial charge in [0.15, 0.2) is 5.96 Å². The van der Waals surface area contributed by atoms with Crippen molar-refractivity contribution in [3.05, 3.63) is 24.2 Å². The van der Waals surface area contributed by atoms with Crippen LogP contribution in [0.1, 0.15) is 31.9 Å². The van der Waals surface area contributed by atoms with Crippen LogP contribution in [0.4, 0.5) is 0 Å². The maximum atomic E-state index is 11.8. The lowest BCUT2D eigenvalue weighted by molar-refractivity contribution is -0.130. The smallest absolute Gasteiger partial charge is 0.223 e. The van der Waals surface area contributed by atoms with E-state index in [9.17, 15) is 4.79 Å². The van der Waals surface area contributed by atoms with Crippen molar-refractivity contribution >= 4 is 35.8 Å². The van der Waals surface area contributed by atoms with Gasteiger partial charge in [-0.25, -0.2) is 0 Å². The van der Waals surface area contributed by atoms with Gasteiger partial charge >= 0.3 is 0 Å². The molecule has 0 radical (unpaired) electrons. The summed E-state index contributed by atoms with van der Waals surface area (Å²) in [5.41, 5.74) is 0. The number of aliphatic imine (C=N–C) groups is 1. The molecule has 3 rings (SSSR count). The van der Waals surface area contributed by atoms with E-state index in [4.69, 9.17) is 9.41 Å². The average molecular weight is 446 g/mol. The summed E-state index contributed by atoms with van der Waals surface area (Å²) >= 11 is 0. The van der Waals surface area contributed by atoms with E-state index in [1.54, 1.807) is 6.26 Å². The molecule has 1 unspecified atom stereocenters. The minimum absolute atomic E-state index is 0. The Morgan fingerprint density at radius 1 is 1.46 bits per heavy atom. The molecule has 0 saturated carbocycles. The second-order valence-corrected chi connectivity index (χ2v) is 6.19. The summed E-state index contributed by atoms with van der Waals surface area (Å²) in [5, 5.41) is 3.47. The molecule has 0 spiro atoms. The molecule has 1 aromatic heterocycles. The molecule has 24 heavy (non-hydrogen) atoms. The van der Waals surface area contributed by atoms with Crippen LogP contribution in [-0.2, 0) is 11.2 Å². The van der Waals surface area contributed by atoms with Crippen LogP contribution in [0.25, 0.3) is 0 Å². The quantitative estimate of drug-likeness (QED) is 0.428. The highest BCUT2D eigenvalue weighted by molar-refractivity contribution is 14.0. The Bertz CT molecular complexity index is 547. The van der Waals surface area contributed by atoms with Crippen molar-refractivity contribution in [3.8, 4) is 0 Å². The van der Waals surface area contributed by atoms with Crippen molar-refractivity contribution in [3.63, 3.8) is 0 Å². The van der Waals surface area contributed by atoms with Crippen LogP contribution in [0.15, 0.2) is 27.8 Å². The Labute approximate surface area is 160 Å². The molecule has 1 N–H and O–H groups in total. The minimum atomic E-state index is 0. The van der Waals surface area contributed by atoms with Gasteiger partial charge in [0.2, 0.25) is 5.91 Å². The summed E-state index contributed by atoms with van der Waals surface area (Å²) in [5.74, 6) is 2.27. The normalized spacial score (nSPS) is 20.8. The van der Waals surface area contributed by atoms with Crippen LogP contribution in [0.3, 0.4) is 0 Å². The molecule has 1 amide bonds. The van der Waals surface area contributed by atoms with Gasteiger partial charge in [-0.05, 0) is 25.0 Å². The summed E-state index contributed by atoms with van der Waals surface area (Å²) in [4.78, 5) is 20.9. The average Bonchev–Trinajstić information content (AvgIpc) is 3.21. The number of furan rings is 1. The first-order valence-electron chi connectivity index (χ1n) is 8.63. The topological polar surface area (TPSA) is 61.1 Å². The highest BCUT2D eigenvalue weighted by atomic mass is 127. The highest BCUT2D eigenvalue weighted by Crippen LogP contribution is 2.22. The predicted octanol–water partition coefficient (Wildman–Crippen LogP) is 2.10. The van der Waals surface area contributed by atoms with E-state index < -0.39 is 0 Å². The maximum Gasteiger partial charge on any atom is 0.223 e. The zero-order valence-corrected chi connectivity index (χ0v) is 16.6. The van der Waals surface area contributed by atoms with Gasteiger partial charge < -0.3 is 19.5 Å². The number of guanidine groups is 1. The van der Waals surface area contributed by atoms with Gasteiger partial charge in [0.1, 0.15) is 5.76 Å². The molecular weight excluding hydrogens is 419 g/mol. The van der Waals surface area contributed by atoms with Gasteiger partial charge in [-0.3, -0.25) is 9.79 Å². The standard InChI is InChI=1S/C17H26N4O2.HI/c1-2-8-18-17(19-9-7-15-4-3-12-23-15)20-10-11-21-14(13-20)5-6-16(21)22;/h3-4,12,14H,2,5-11,13H2,1H3,(H,18,19);1H. The highest BCUT2D eigenvalue weighted by Gasteiger charge is 2.36. The first kappa shape index (κ1) is 19.1. The van der Waals surface area contributed by atoms with Crippen LogP contribution in [-0.4, -0.2) is 60.4 Å². The molecule has 0 bridgehead atoms. The number of hydrogen-bond donors (Lipinski definition) is 1. The second-order valence-electron chi connectivity index (χ2n) is 6.19. The lowest BCUT2D eigenvalue weighted by Crippen LogP contribution is -2.56. The summed E-state index contributed by atoms with van der Waals surface area (Å²) in [7, 11) is 0. The molecule has 1 aromatic rings. The fraction of sp³-hybridized carbons (Fsp3) is 0.647. The number of fused-ring (bicyclic) bond motifs is 1. The van der Waals surface area contributed by atoms with Crippen LogP contribution >= 0.6 is 24.0 Å². The van der Waals surface area contributed by atoms with Gasteiger partial charge in [0.05, 0.1) is 6.26 Å². The molecule has 2 fully saturated rings. The predicted molar refractivity (Wildman–Crippen MR) is 105 cm³/mol. The Hall–Kier alpha value is -1.25. The summed E-state index contributed by atoms with van der Waals surface area (Å²) in [6, 6.07) is 4.26. The van der Waals surface area contributed by atoms with E-state index in [-0.39, 0.29) is 24.0 Å². The van der Waals surface area contributed by atoms with Gasteiger partial charge in [-0.1, -0.05) is 6.92 Å². The Morgan fingerprint density at radius 2 is 2.33 bits per heavy atom. The minimum Gasteiger partial charge on any atom is -0.469 e. The number of halogens is 1. The van der Waals surface area contributed by atoms with Crippen molar-refractivity contribution in [1.29, 1.82) is 0 Å². The fourth-order valence-corrected chi connectivity index (χ4v) is 3.29. The van der Waals surface area contributed by atoms with Crippen molar-refractivity contribution in [1.82, 2.24) is 15.1 Å². The molecule has 2 saturated heterocycles. The van der Waals surface area contributed by atoms with E-state index in [0.29, 0.717) is 18.4 Å². The number of nitrogens with one attached hydrogen (secondary N) is 1. The zero-order valence-electron chi connectivity index (χ0n) is 14.2. The van der Waals surface area contributed by atoms with Gasteiger partial charge in [0.25, 0.3) is 0 Å². The van der Waals surface area contributed by atoms with E-state index in [1.165, 1.54) is 0 Å². The summed E-state index contributed by atoms with van der Waals surface area (Å²) < 4.78 is 5.37. The van der Waals surface area contributed by atoms with Crippen molar-refractivity contribution in [2.75, 3.05) is 32.7 Å². The molecule has 134 valence electrons.